The highest BCUT2D eigenvalue weighted by molar-refractivity contribution is 5.72. The molecule has 0 spiro atoms. The van der Waals surface area contributed by atoms with Crippen LogP contribution in [0.15, 0.2) is 15.9 Å². The summed E-state index contributed by atoms with van der Waals surface area (Å²) in [6, 6.07) is 0. The van der Waals surface area contributed by atoms with Crippen molar-refractivity contribution in [1.82, 2.24) is 18.7 Å². The number of aromatic nitrogens is 4. The molecule has 0 unspecified atom stereocenters. The molecule has 8 nitrogen and oxygen atoms in total. The van der Waals surface area contributed by atoms with Crippen molar-refractivity contribution in [2.24, 2.45) is 14.1 Å². The maximum absolute atomic E-state index is 12.6. The molecule has 0 bridgehead atoms. The molecule has 0 aromatic carbocycles. The van der Waals surface area contributed by atoms with Gasteiger partial charge in [0.1, 0.15) is 12.6 Å². The van der Waals surface area contributed by atoms with Crippen LogP contribution < -0.4 is 11.2 Å². The van der Waals surface area contributed by atoms with E-state index in [1.807, 2.05) is 0 Å². The lowest BCUT2D eigenvalue weighted by atomic mass is 9.99. The third kappa shape index (κ3) is 3.52. The Morgan fingerprint density at radius 3 is 2.48 bits per heavy atom. The van der Waals surface area contributed by atoms with Gasteiger partial charge in [-0.05, 0) is 25.7 Å². The fourth-order valence-corrected chi connectivity index (χ4v) is 3.42. The van der Waals surface area contributed by atoms with E-state index in [1.54, 1.807) is 11.6 Å². The first-order valence-corrected chi connectivity index (χ1v) is 8.79. The normalized spacial score (nSPS) is 16.6. The summed E-state index contributed by atoms with van der Waals surface area (Å²) in [6.07, 6.45) is 8.68. The summed E-state index contributed by atoms with van der Waals surface area (Å²) in [7, 11) is 3.21. The van der Waals surface area contributed by atoms with E-state index in [0.29, 0.717) is 11.2 Å². The molecule has 0 radical (unpaired) electrons. The first kappa shape index (κ1) is 17.4. The van der Waals surface area contributed by atoms with E-state index in [0.717, 1.165) is 43.1 Å². The molecule has 0 aliphatic heterocycles. The molecular formula is C17H24N4O4. The van der Waals surface area contributed by atoms with E-state index in [2.05, 4.69) is 4.98 Å². The lowest BCUT2D eigenvalue weighted by molar-refractivity contribution is -0.150. The van der Waals surface area contributed by atoms with E-state index in [-0.39, 0.29) is 12.6 Å². The summed E-state index contributed by atoms with van der Waals surface area (Å²) in [5.41, 5.74) is -0.485. The molecule has 0 amide bonds. The second-order valence-electron chi connectivity index (χ2n) is 6.72. The third-order valence-corrected chi connectivity index (χ3v) is 4.84. The Hall–Kier alpha value is -2.38. The number of carbonyl (C=O) groups excluding carboxylic acids is 1. The highest BCUT2D eigenvalue weighted by Gasteiger charge is 2.20. The van der Waals surface area contributed by atoms with Crippen molar-refractivity contribution >= 4 is 17.1 Å². The van der Waals surface area contributed by atoms with Crippen LogP contribution in [0, 0.1) is 0 Å². The van der Waals surface area contributed by atoms with E-state index in [9.17, 15) is 14.4 Å². The van der Waals surface area contributed by atoms with Crippen molar-refractivity contribution in [3.8, 4) is 0 Å². The van der Waals surface area contributed by atoms with Crippen molar-refractivity contribution in [3.63, 3.8) is 0 Å². The standard InChI is InChI=1S/C17H24N4O4/c1-19-11-18-15-14(19)16(23)21(17(24)20(15)2)10-13(22)25-12-8-6-4-3-5-7-9-12/h11-12H,3-10H2,1-2H3. The topological polar surface area (TPSA) is 88.1 Å². The van der Waals surface area contributed by atoms with Crippen LogP contribution in [0.2, 0.25) is 0 Å². The first-order chi connectivity index (χ1) is 12.0. The van der Waals surface area contributed by atoms with Gasteiger partial charge in [0, 0.05) is 14.1 Å². The molecule has 1 saturated carbocycles. The number of carbonyl (C=O) groups is 1. The van der Waals surface area contributed by atoms with Gasteiger partial charge in [0.25, 0.3) is 5.56 Å². The maximum Gasteiger partial charge on any atom is 0.333 e. The van der Waals surface area contributed by atoms with Crippen LogP contribution in [0.4, 0.5) is 0 Å². The average Bonchev–Trinajstić information content (AvgIpc) is 2.94. The molecule has 25 heavy (non-hydrogen) atoms. The monoisotopic (exact) mass is 348 g/mol. The van der Waals surface area contributed by atoms with Crippen molar-refractivity contribution in [2.75, 3.05) is 0 Å². The summed E-state index contributed by atoms with van der Waals surface area (Å²) < 4.78 is 9.29. The number of imidazole rings is 1. The van der Waals surface area contributed by atoms with Crippen LogP contribution in [0.3, 0.4) is 0 Å². The molecule has 1 aliphatic carbocycles. The number of nitrogens with zero attached hydrogens (tertiary/aromatic N) is 4. The minimum atomic E-state index is -0.564. The summed E-state index contributed by atoms with van der Waals surface area (Å²) in [4.78, 5) is 41.4. The van der Waals surface area contributed by atoms with Crippen molar-refractivity contribution < 1.29 is 9.53 Å². The molecule has 136 valence electrons. The fourth-order valence-electron chi connectivity index (χ4n) is 3.42. The Balaban J connectivity index is 1.82. The van der Waals surface area contributed by atoms with Crippen LogP contribution in [0.25, 0.3) is 11.2 Å². The van der Waals surface area contributed by atoms with Crippen molar-refractivity contribution in [3.05, 3.63) is 27.2 Å². The lowest BCUT2D eigenvalue weighted by Gasteiger charge is -2.20. The van der Waals surface area contributed by atoms with Gasteiger partial charge >= 0.3 is 11.7 Å². The number of aryl methyl sites for hydroxylation is 2. The molecule has 3 rings (SSSR count). The van der Waals surface area contributed by atoms with Gasteiger partial charge in [-0.2, -0.15) is 0 Å². The van der Waals surface area contributed by atoms with E-state index in [1.165, 1.54) is 24.4 Å². The molecule has 0 atom stereocenters. The van der Waals surface area contributed by atoms with Gasteiger partial charge in [0.05, 0.1) is 6.33 Å². The molecule has 2 heterocycles. The smallest absolute Gasteiger partial charge is 0.333 e. The Bertz CT molecular complexity index is 884. The molecule has 0 N–H and O–H groups in total. The zero-order chi connectivity index (χ0) is 18.0. The van der Waals surface area contributed by atoms with Crippen LogP contribution in [-0.4, -0.2) is 30.8 Å². The summed E-state index contributed by atoms with van der Waals surface area (Å²) >= 11 is 0. The largest absolute Gasteiger partial charge is 0.461 e. The predicted octanol–water partition coefficient (Wildman–Crippen LogP) is 1.09. The summed E-state index contributed by atoms with van der Waals surface area (Å²) in [6.45, 7) is -0.372. The molecule has 8 heteroatoms. The van der Waals surface area contributed by atoms with Crippen LogP contribution in [0.5, 0.6) is 0 Å². The molecule has 0 saturated heterocycles. The maximum atomic E-state index is 12.6. The minimum absolute atomic E-state index is 0.118. The number of rotatable bonds is 3. The lowest BCUT2D eigenvalue weighted by Crippen LogP contribution is -2.42. The number of hydrogen-bond donors (Lipinski definition) is 0. The van der Waals surface area contributed by atoms with Gasteiger partial charge in [0.2, 0.25) is 0 Å². The quantitative estimate of drug-likeness (QED) is 0.775. The molecule has 1 aliphatic rings. The Morgan fingerprint density at radius 2 is 1.80 bits per heavy atom. The highest BCUT2D eigenvalue weighted by atomic mass is 16.5. The van der Waals surface area contributed by atoms with Gasteiger partial charge in [-0.1, -0.05) is 19.3 Å². The van der Waals surface area contributed by atoms with Crippen molar-refractivity contribution in [1.29, 1.82) is 0 Å². The fraction of sp³-hybridized carbons (Fsp3) is 0.647. The summed E-state index contributed by atoms with van der Waals surface area (Å²) in [5, 5.41) is 0. The number of fused-ring (bicyclic) bond motifs is 1. The van der Waals surface area contributed by atoms with Crippen LogP contribution in [-0.2, 0) is 30.2 Å². The Labute approximate surface area is 145 Å². The number of ether oxygens (including phenoxy) is 1. The predicted molar refractivity (Wildman–Crippen MR) is 92.4 cm³/mol. The SMILES string of the molecule is Cn1cnc2c1c(=O)n(CC(=O)OC1CCCCCCC1)c(=O)n2C. The minimum Gasteiger partial charge on any atom is -0.461 e. The molecular weight excluding hydrogens is 324 g/mol. The molecule has 2 aromatic rings. The first-order valence-electron chi connectivity index (χ1n) is 8.79. The van der Waals surface area contributed by atoms with Crippen molar-refractivity contribution in [2.45, 2.75) is 57.6 Å². The van der Waals surface area contributed by atoms with Gasteiger partial charge < -0.3 is 9.30 Å². The van der Waals surface area contributed by atoms with Gasteiger partial charge in [-0.25, -0.2) is 14.3 Å². The van der Waals surface area contributed by atoms with E-state index < -0.39 is 17.2 Å². The Kier molecular flexibility index (Phi) is 5.06. The average molecular weight is 348 g/mol. The third-order valence-electron chi connectivity index (χ3n) is 4.84. The van der Waals surface area contributed by atoms with Crippen LogP contribution >= 0.6 is 0 Å². The van der Waals surface area contributed by atoms with E-state index in [4.69, 9.17) is 4.74 Å². The van der Waals surface area contributed by atoms with Gasteiger partial charge in [0.15, 0.2) is 11.2 Å². The van der Waals surface area contributed by atoms with Gasteiger partial charge in [-0.15, -0.1) is 0 Å². The number of esters is 1. The zero-order valence-electron chi connectivity index (χ0n) is 14.7. The highest BCUT2D eigenvalue weighted by Crippen LogP contribution is 2.19. The van der Waals surface area contributed by atoms with Gasteiger partial charge in [-0.3, -0.25) is 14.2 Å². The summed E-state index contributed by atoms with van der Waals surface area (Å²) in [5.74, 6) is -0.536. The number of hydrogen-bond acceptors (Lipinski definition) is 5. The molecule has 1 fully saturated rings. The Morgan fingerprint density at radius 1 is 1.16 bits per heavy atom. The second-order valence-corrected chi connectivity index (χ2v) is 6.72. The zero-order valence-corrected chi connectivity index (χ0v) is 14.7. The van der Waals surface area contributed by atoms with E-state index >= 15 is 0 Å². The van der Waals surface area contributed by atoms with Crippen LogP contribution in [0.1, 0.15) is 44.9 Å². The molecule has 2 aromatic heterocycles. The second kappa shape index (κ2) is 7.25.